The third-order valence-electron chi connectivity index (χ3n) is 3.88. The second kappa shape index (κ2) is 4.30. The first-order valence-corrected chi connectivity index (χ1v) is 6.39. The highest BCUT2D eigenvalue weighted by atomic mass is 16.4. The maximum atomic E-state index is 11.2. The first-order valence-electron chi connectivity index (χ1n) is 6.39. The van der Waals surface area contributed by atoms with Crippen molar-refractivity contribution in [2.45, 2.75) is 39.7 Å². The predicted octanol–water partition coefficient (Wildman–Crippen LogP) is 2.99. The topological polar surface area (TPSA) is 40.5 Å². The van der Waals surface area contributed by atoms with Gasteiger partial charge in [0, 0.05) is 17.8 Å². The van der Waals surface area contributed by atoms with Crippen molar-refractivity contribution >= 4 is 11.7 Å². The summed E-state index contributed by atoms with van der Waals surface area (Å²) in [6, 6.07) is 6.35. The lowest BCUT2D eigenvalue weighted by Gasteiger charge is -2.34. The summed E-state index contributed by atoms with van der Waals surface area (Å²) in [5.41, 5.74) is 3.50. The van der Waals surface area contributed by atoms with E-state index in [0.29, 0.717) is 13.0 Å². The molecule has 0 spiro atoms. The van der Waals surface area contributed by atoms with Gasteiger partial charge < -0.3 is 10.0 Å². The third kappa shape index (κ3) is 2.22. The minimum absolute atomic E-state index is 0.0956. The molecule has 0 amide bonds. The summed E-state index contributed by atoms with van der Waals surface area (Å²) in [6.07, 6.45) is 0.704. The number of aryl methyl sites for hydroxylation is 2. The van der Waals surface area contributed by atoms with Gasteiger partial charge in [0.15, 0.2) is 0 Å². The van der Waals surface area contributed by atoms with Crippen LogP contribution in [0.4, 0.5) is 5.69 Å². The fourth-order valence-electron chi connectivity index (χ4n) is 2.85. The summed E-state index contributed by atoms with van der Waals surface area (Å²) in [5.74, 6) is -0.948. The average molecular weight is 247 g/mol. The number of nitrogens with zero attached hydrogens (tertiary/aromatic N) is 1. The van der Waals surface area contributed by atoms with Gasteiger partial charge in [-0.2, -0.15) is 0 Å². The molecule has 3 nitrogen and oxygen atoms in total. The summed E-state index contributed by atoms with van der Waals surface area (Å²) >= 11 is 0. The quantitative estimate of drug-likeness (QED) is 0.873. The minimum atomic E-state index is -0.684. The van der Waals surface area contributed by atoms with E-state index in [1.54, 1.807) is 0 Å². The van der Waals surface area contributed by atoms with Gasteiger partial charge in [-0.05, 0) is 51.3 Å². The van der Waals surface area contributed by atoms with Crippen LogP contribution in [0.3, 0.4) is 0 Å². The molecule has 1 unspecified atom stereocenters. The van der Waals surface area contributed by atoms with Crippen LogP contribution in [0.2, 0.25) is 0 Å². The maximum absolute atomic E-state index is 11.2. The van der Waals surface area contributed by atoms with E-state index in [-0.39, 0.29) is 11.5 Å². The van der Waals surface area contributed by atoms with Crippen molar-refractivity contribution in [3.8, 4) is 0 Å². The van der Waals surface area contributed by atoms with Crippen LogP contribution < -0.4 is 4.90 Å². The monoisotopic (exact) mass is 247 g/mol. The van der Waals surface area contributed by atoms with E-state index in [0.717, 1.165) is 0 Å². The zero-order chi connectivity index (χ0) is 13.5. The van der Waals surface area contributed by atoms with Crippen LogP contribution >= 0.6 is 0 Å². The molecule has 0 saturated carbocycles. The number of carbonyl (C=O) groups is 1. The summed E-state index contributed by atoms with van der Waals surface area (Å²) in [7, 11) is 0. The highest BCUT2D eigenvalue weighted by Crippen LogP contribution is 2.38. The van der Waals surface area contributed by atoms with Gasteiger partial charge in [0.05, 0.1) is 5.92 Å². The highest BCUT2D eigenvalue weighted by Gasteiger charge is 2.41. The van der Waals surface area contributed by atoms with Crippen molar-refractivity contribution in [3.05, 3.63) is 29.3 Å². The highest BCUT2D eigenvalue weighted by molar-refractivity contribution is 5.73. The molecule has 0 aromatic heterocycles. The van der Waals surface area contributed by atoms with Gasteiger partial charge in [0.25, 0.3) is 0 Å². The molecule has 18 heavy (non-hydrogen) atoms. The van der Waals surface area contributed by atoms with Crippen molar-refractivity contribution in [1.29, 1.82) is 0 Å². The van der Waals surface area contributed by atoms with E-state index in [1.807, 2.05) is 0 Å². The number of hydrogen-bond acceptors (Lipinski definition) is 2. The maximum Gasteiger partial charge on any atom is 0.308 e. The molecule has 0 aliphatic carbocycles. The fraction of sp³-hybridized carbons (Fsp3) is 0.533. The molecular formula is C15H21NO2. The van der Waals surface area contributed by atoms with E-state index in [1.165, 1.54) is 16.8 Å². The molecule has 98 valence electrons. The number of benzene rings is 1. The molecule has 2 rings (SSSR count). The summed E-state index contributed by atoms with van der Waals surface area (Å²) in [5, 5.41) is 9.21. The smallest absolute Gasteiger partial charge is 0.308 e. The average Bonchev–Trinajstić information content (AvgIpc) is 2.58. The normalized spacial score (nSPS) is 22.2. The van der Waals surface area contributed by atoms with Crippen LogP contribution in [-0.2, 0) is 4.79 Å². The fourth-order valence-corrected chi connectivity index (χ4v) is 2.85. The molecule has 0 radical (unpaired) electrons. The largest absolute Gasteiger partial charge is 0.481 e. The molecule has 1 saturated heterocycles. The summed E-state index contributed by atoms with van der Waals surface area (Å²) < 4.78 is 0. The molecule has 0 bridgehead atoms. The lowest BCUT2D eigenvalue weighted by Crippen LogP contribution is -2.38. The third-order valence-corrected chi connectivity index (χ3v) is 3.88. The minimum Gasteiger partial charge on any atom is -0.481 e. The molecule has 1 aromatic carbocycles. The van der Waals surface area contributed by atoms with E-state index in [2.05, 4.69) is 50.8 Å². The van der Waals surface area contributed by atoms with Crippen molar-refractivity contribution in [3.63, 3.8) is 0 Å². The van der Waals surface area contributed by atoms with Gasteiger partial charge in [-0.25, -0.2) is 0 Å². The number of anilines is 1. The predicted molar refractivity (Wildman–Crippen MR) is 73.1 cm³/mol. The van der Waals surface area contributed by atoms with Gasteiger partial charge in [-0.15, -0.1) is 0 Å². The lowest BCUT2D eigenvalue weighted by molar-refractivity contribution is -0.141. The molecule has 1 atom stereocenters. The standard InChI is InChI=1S/C15H21NO2/c1-10-5-6-11(2)13(7-10)16-9-12(14(17)18)8-15(16,3)4/h5-7,12H,8-9H2,1-4H3,(H,17,18). The van der Waals surface area contributed by atoms with Crippen LogP contribution in [-0.4, -0.2) is 23.2 Å². The second-order valence-electron chi connectivity index (χ2n) is 5.95. The second-order valence-corrected chi connectivity index (χ2v) is 5.95. The Morgan fingerprint density at radius 1 is 1.39 bits per heavy atom. The SMILES string of the molecule is Cc1ccc(C)c(N2CC(C(=O)O)CC2(C)C)c1. The van der Waals surface area contributed by atoms with Gasteiger partial charge in [-0.3, -0.25) is 4.79 Å². The van der Waals surface area contributed by atoms with Crippen molar-refractivity contribution < 1.29 is 9.90 Å². The molecule has 1 N–H and O–H groups in total. The van der Waals surface area contributed by atoms with Gasteiger partial charge in [0.2, 0.25) is 0 Å². The van der Waals surface area contributed by atoms with Crippen molar-refractivity contribution in [2.75, 3.05) is 11.4 Å². The van der Waals surface area contributed by atoms with Crippen molar-refractivity contribution in [1.82, 2.24) is 0 Å². The molecular weight excluding hydrogens is 226 g/mol. The number of hydrogen-bond donors (Lipinski definition) is 1. The molecule has 1 fully saturated rings. The molecule has 1 aromatic rings. The lowest BCUT2D eigenvalue weighted by atomic mass is 9.96. The molecule has 3 heteroatoms. The van der Waals surface area contributed by atoms with Crippen LogP contribution in [0.5, 0.6) is 0 Å². The Kier molecular flexibility index (Phi) is 3.09. The summed E-state index contributed by atoms with van der Waals surface area (Å²) in [6.45, 7) is 9.00. The van der Waals surface area contributed by atoms with Gasteiger partial charge in [-0.1, -0.05) is 12.1 Å². The number of aliphatic carboxylic acids is 1. The number of rotatable bonds is 2. The van der Waals surface area contributed by atoms with Crippen LogP contribution in [0, 0.1) is 19.8 Å². The zero-order valence-electron chi connectivity index (χ0n) is 11.5. The Hall–Kier alpha value is -1.51. The van der Waals surface area contributed by atoms with Gasteiger partial charge >= 0.3 is 5.97 Å². The summed E-state index contributed by atoms with van der Waals surface area (Å²) in [4.78, 5) is 13.4. The van der Waals surface area contributed by atoms with E-state index in [4.69, 9.17) is 0 Å². The van der Waals surface area contributed by atoms with Crippen LogP contribution in [0.15, 0.2) is 18.2 Å². The first-order chi connectivity index (χ1) is 8.31. The Morgan fingerprint density at radius 3 is 2.61 bits per heavy atom. The van der Waals surface area contributed by atoms with Crippen LogP contribution in [0.1, 0.15) is 31.4 Å². The van der Waals surface area contributed by atoms with E-state index < -0.39 is 5.97 Å². The van der Waals surface area contributed by atoms with Gasteiger partial charge in [0.1, 0.15) is 0 Å². The Bertz CT molecular complexity index is 479. The Morgan fingerprint density at radius 2 is 2.06 bits per heavy atom. The van der Waals surface area contributed by atoms with Crippen LogP contribution in [0.25, 0.3) is 0 Å². The number of carboxylic acids is 1. The zero-order valence-corrected chi connectivity index (χ0v) is 11.5. The molecule has 1 heterocycles. The Balaban J connectivity index is 2.38. The molecule has 1 aliphatic rings. The Labute approximate surface area is 108 Å². The van der Waals surface area contributed by atoms with Crippen molar-refractivity contribution in [2.24, 2.45) is 5.92 Å². The molecule has 1 aliphatic heterocycles. The van der Waals surface area contributed by atoms with E-state index in [9.17, 15) is 9.90 Å². The van der Waals surface area contributed by atoms with E-state index >= 15 is 0 Å². The number of carboxylic acid groups (broad SMARTS) is 1. The first kappa shape index (κ1) is 12.9.